The molecule has 0 aliphatic heterocycles. The van der Waals surface area contributed by atoms with E-state index >= 15 is 0 Å². The maximum absolute atomic E-state index is 7.32. The number of pyridine rings is 1. The first-order chi connectivity index (χ1) is 6.38. The van der Waals surface area contributed by atoms with Gasteiger partial charge in [0.15, 0.2) is 0 Å². The van der Waals surface area contributed by atoms with Crippen LogP contribution in [0.4, 0.5) is 0 Å². The number of nitriles is 1. The van der Waals surface area contributed by atoms with Crippen LogP contribution in [0, 0.1) is 11.3 Å². The molecule has 0 N–H and O–H groups in total. The lowest BCUT2D eigenvalue weighted by Crippen LogP contribution is -1.71. The Morgan fingerprint density at radius 3 is 2.29 bits per heavy atom. The first-order valence-electron chi connectivity index (χ1n) is 3.98. The molecule has 1 heterocycles. The molecule has 0 radical (unpaired) electrons. The van der Waals surface area contributed by atoms with Gasteiger partial charge in [-0.3, -0.25) is 4.98 Å². The van der Waals surface area contributed by atoms with Crippen LogP contribution in [0.5, 0.6) is 0 Å². The molecule has 1 aromatic carbocycles. The minimum atomic E-state index is 0. The molecule has 2 rings (SSSR count). The third kappa shape index (κ3) is 3.55. The van der Waals surface area contributed by atoms with Gasteiger partial charge in [0.2, 0.25) is 0 Å². The summed E-state index contributed by atoms with van der Waals surface area (Å²) in [6.45, 7) is 1.43. The molecule has 0 unspecified atom stereocenters. The normalized spacial score (nSPS) is 7.71. The van der Waals surface area contributed by atoms with Crippen molar-refractivity contribution in [3.8, 4) is 6.07 Å². The zero-order chi connectivity index (χ0) is 9.52. The number of nitrogens with zero attached hydrogens (tertiary/aromatic N) is 2. The van der Waals surface area contributed by atoms with Gasteiger partial charge in [0, 0.05) is 19.3 Å². The van der Waals surface area contributed by atoms with Gasteiger partial charge in [-0.2, -0.15) is 5.26 Å². The van der Waals surface area contributed by atoms with Gasteiger partial charge in [-0.25, -0.2) is 0 Å². The fourth-order valence-electron chi connectivity index (χ4n) is 1.03. The van der Waals surface area contributed by atoms with Gasteiger partial charge >= 0.3 is 0 Å². The second kappa shape index (κ2) is 7.05. The van der Waals surface area contributed by atoms with Crippen LogP contribution in [0.3, 0.4) is 0 Å². The molecule has 0 bridgehead atoms. The van der Waals surface area contributed by atoms with Crippen molar-refractivity contribution in [1.82, 2.24) is 4.98 Å². The highest BCUT2D eigenvalue weighted by atomic mass is 79.9. The average molecular weight is 251 g/mol. The van der Waals surface area contributed by atoms with E-state index in [0.717, 1.165) is 0 Å². The smallest absolute Gasteiger partial charge is 0.0587 e. The zero-order valence-corrected chi connectivity index (χ0v) is 9.56. The Morgan fingerprint density at radius 2 is 1.71 bits per heavy atom. The van der Waals surface area contributed by atoms with Crippen molar-refractivity contribution in [1.29, 1.82) is 5.26 Å². The minimum Gasteiger partial charge on any atom is -0.264 e. The van der Waals surface area contributed by atoms with Gasteiger partial charge in [-0.1, -0.05) is 24.3 Å². The van der Waals surface area contributed by atoms with Gasteiger partial charge in [0.1, 0.15) is 0 Å². The molecule has 1 aromatic heterocycles. The van der Waals surface area contributed by atoms with E-state index in [1.54, 1.807) is 6.07 Å². The highest BCUT2D eigenvalue weighted by Crippen LogP contribution is 2.09. The summed E-state index contributed by atoms with van der Waals surface area (Å²) >= 11 is 0. The largest absolute Gasteiger partial charge is 0.264 e. The van der Waals surface area contributed by atoms with Crippen molar-refractivity contribution >= 4 is 27.8 Å². The highest BCUT2D eigenvalue weighted by Gasteiger charge is 1.86. The Kier molecular flexibility index (Phi) is 6.34. The van der Waals surface area contributed by atoms with Crippen LogP contribution in [0.25, 0.3) is 10.8 Å². The molecule has 2 nitrogen and oxygen atoms in total. The number of hydrogen-bond acceptors (Lipinski definition) is 2. The van der Waals surface area contributed by atoms with Gasteiger partial charge in [0.05, 0.1) is 6.07 Å². The summed E-state index contributed by atoms with van der Waals surface area (Å²) in [5, 5.41) is 9.77. The molecule has 0 fully saturated rings. The van der Waals surface area contributed by atoms with E-state index in [2.05, 4.69) is 17.1 Å². The van der Waals surface area contributed by atoms with Crippen LogP contribution in [0.1, 0.15) is 6.92 Å². The quantitative estimate of drug-likeness (QED) is 0.719. The SMILES string of the molecule is Br.CC#N.c1ccc2cnccc2c1. The molecule has 0 amide bonds. The summed E-state index contributed by atoms with van der Waals surface area (Å²) in [5.74, 6) is 0. The van der Waals surface area contributed by atoms with E-state index in [0.29, 0.717) is 0 Å². The van der Waals surface area contributed by atoms with Gasteiger partial charge in [-0.15, -0.1) is 17.0 Å². The number of aromatic nitrogens is 1. The predicted molar refractivity (Wildman–Crippen MR) is 63.4 cm³/mol. The maximum atomic E-state index is 7.32. The second-order valence-electron chi connectivity index (χ2n) is 2.45. The van der Waals surface area contributed by atoms with Crippen molar-refractivity contribution in [2.45, 2.75) is 6.92 Å². The molecule has 0 spiro atoms. The number of fused-ring (bicyclic) bond motifs is 1. The van der Waals surface area contributed by atoms with Crippen molar-refractivity contribution < 1.29 is 0 Å². The first-order valence-corrected chi connectivity index (χ1v) is 3.98. The van der Waals surface area contributed by atoms with Crippen molar-refractivity contribution in [3.05, 3.63) is 42.7 Å². The van der Waals surface area contributed by atoms with E-state index in [4.69, 9.17) is 5.26 Å². The predicted octanol–water partition coefficient (Wildman–Crippen LogP) is 3.34. The second-order valence-corrected chi connectivity index (χ2v) is 2.45. The summed E-state index contributed by atoms with van der Waals surface area (Å²) in [7, 11) is 0. The molecule has 0 aliphatic rings. The lowest BCUT2D eigenvalue weighted by Gasteiger charge is -1.91. The van der Waals surface area contributed by atoms with Crippen molar-refractivity contribution in [3.63, 3.8) is 0 Å². The molecule has 14 heavy (non-hydrogen) atoms. The molecular formula is C11H11BrN2. The molecule has 3 heteroatoms. The monoisotopic (exact) mass is 250 g/mol. The lowest BCUT2D eigenvalue weighted by molar-refractivity contribution is 1.36. The summed E-state index contributed by atoms with van der Waals surface area (Å²) in [5.41, 5.74) is 0. The van der Waals surface area contributed by atoms with Crippen molar-refractivity contribution in [2.75, 3.05) is 0 Å². The number of hydrogen-bond donors (Lipinski definition) is 0. The Morgan fingerprint density at radius 1 is 1.14 bits per heavy atom. The van der Waals surface area contributed by atoms with E-state index in [-0.39, 0.29) is 17.0 Å². The maximum Gasteiger partial charge on any atom is 0.0587 e. The van der Waals surface area contributed by atoms with Crippen LogP contribution in [-0.4, -0.2) is 4.98 Å². The van der Waals surface area contributed by atoms with E-state index in [9.17, 15) is 0 Å². The molecule has 0 atom stereocenters. The lowest BCUT2D eigenvalue weighted by atomic mass is 10.2. The summed E-state index contributed by atoms with van der Waals surface area (Å²) in [4.78, 5) is 4.01. The Bertz CT molecular complexity index is 355. The van der Waals surface area contributed by atoms with Gasteiger partial charge in [0.25, 0.3) is 0 Å². The summed E-state index contributed by atoms with van der Waals surface area (Å²) < 4.78 is 0. The van der Waals surface area contributed by atoms with Crippen LogP contribution >= 0.6 is 17.0 Å². The summed E-state index contributed by atoms with van der Waals surface area (Å²) in [6, 6.07) is 11.9. The fraction of sp³-hybridized carbons (Fsp3) is 0.0909. The number of halogens is 1. The van der Waals surface area contributed by atoms with Crippen LogP contribution in [0.2, 0.25) is 0 Å². The Balaban J connectivity index is 0.000000381. The molecule has 0 saturated heterocycles. The van der Waals surface area contributed by atoms with E-state index < -0.39 is 0 Å². The highest BCUT2D eigenvalue weighted by molar-refractivity contribution is 8.93. The van der Waals surface area contributed by atoms with E-state index in [1.165, 1.54) is 17.7 Å². The minimum absolute atomic E-state index is 0. The zero-order valence-electron chi connectivity index (χ0n) is 7.84. The van der Waals surface area contributed by atoms with E-state index in [1.807, 2.05) is 30.6 Å². The number of benzene rings is 1. The molecular weight excluding hydrogens is 240 g/mol. The van der Waals surface area contributed by atoms with Crippen molar-refractivity contribution in [2.24, 2.45) is 0 Å². The Labute approximate surface area is 94.0 Å². The Hall–Kier alpha value is -1.40. The molecule has 72 valence electrons. The topological polar surface area (TPSA) is 36.7 Å². The van der Waals surface area contributed by atoms with Gasteiger partial charge in [-0.05, 0) is 16.8 Å². The van der Waals surface area contributed by atoms with Crippen LogP contribution in [0.15, 0.2) is 42.7 Å². The van der Waals surface area contributed by atoms with Crippen LogP contribution in [-0.2, 0) is 0 Å². The fourth-order valence-corrected chi connectivity index (χ4v) is 1.03. The average Bonchev–Trinajstić information content (AvgIpc) is 2.19. The van der Waals surface area contributed by atoms with Crippen LogP contribution < -0.4 is 0 Å². The molecule has 2 aromatic rings. The molecule has 0 aliphatic carbocycles. The molecule has 0 saturated carbocycles. The standard InChI is InChI=1S/C9H7N.C2H3N.BrH/c1-2-4-9-7-10-6-5-8(9)3-1;1-2-3;/h1-7H;1H3;1H. The first kappa shape index (κ1) is 12.6. The third-order valence-electron chi connectivity index (χ3n) is 1.55. The van der Waals surface area contributed by atoms with Gasteiger partial charge < -0.3 is 0 Å². The third-order valence-corrected chi connectivity index (χ3v) is 1.55. The number of rotatable bonds is 0. The summed E-state index contributed by atoms with van der Waals surface area (Å²) in [6.07, 6.45) is 3.68.